The van der Waals surface area contributed by atoms with Crippen molar-refractivity contribution in [2.45, 2.75) is 32.9 Å². The van der Waals surface area contributed by atoms with Crippen LogP contribution in [-0.4, -0.2) is 26.9 Å². The van der Waals surface area contributed by atoms with E-state index in [-0.39, 0.29) is 17.0 Å². The van der Waals surface area contributed by atoms with Gasteiger partial charge in [0, 0.05) is 19.0 Å². The molecule has 1 aromatic carbocycles. The molecule has 1 amide bonds. The highest BCUT2D eigenvalue weighted by Gasteiger charge is 2.29. The van der Waals surface area contributed by atoms with Crippen LogP contribution in [0.4, 0.5) is 4.39 Å². The molecule has 1 fully saturated rings. The summed E-state index contributed by atoms with van der Waals surface area (Å²) in [6.07, 6.45) is 2.75. The molecule has 1 aliphatic heterocycles. The molecule has 21 heavy (non-hydrogen) atoms. The maximum absolute atomic E-state index is 13.2. The Morgan fingerprint density at radius 1 is 1.48 bits per heavy atom. The topological polar surface area (TPSA) is 38.1 Å². The normalized spacial score (nSPS) is 18.9. The number of likely N-dealkylation sites (tertiary alicyclic amines) is 1. The first-order valence-corrected chi connectivity index (χ1v) is 7.55. The summed E-state index contributed by atoms with van der Waals surface area (Å²) in [4.78, 5) is 18.0. The fraction of sp³-hybridized carbons (Fsp3) is 0.467. The number of imidazole rings is 1. The highest BCUT2D eigenvalue weighted by molar-refractivity contribution is 6.29. The number of rotatable bonds is 4. The molecule has 0 saturated carbocycles. The second kappa shape index (κ2) is 5.64. The van der Waals surface area contributed by atoms with Gasteiger partial charge in [-0.3, -0.25) is 9.36 Å². The molecule has 112 valence electrons. The SMILES string of the molecule is CCCC1CC(=O)N(Cn2c(Cl)nc3cc(F)ccc32)C1. The molecule has 6 heteroatoms. The van der Waals surface area contributed by atoms with E-state index in [1.165, 1.54) is 12.1 Å². The van der Waals surface area contributed by atoms with Gasteiger partial charge in [0.1, 0.15) is 12.5 Å². The lowest BCUT2D eigenvalue weighted by Crippen LogP contribution is -2.28. The molecule has 2 heterocycles. The smallest absolute Gasteiger partial charge is 0.224 e. The van der Waals surface area contributed by atoms with Crippen LogP contribution in [0.5, 0.6) is 0 Å². The van der Waals surface area contributed by atoms with Crippen molar-refractivity contribution in [1.29, 1.82) is 0 Å². The Morgan fingerprint density at radius 2 is 2.29 bits per heavy atom. The number of fused-ring (bicyclic) bond motifs is 1. The zero-order chi connectivity index (χ0) is 15.0. The number of carbonyl (C=O) groups is 1. The third-order valence-electron chi connectivity index (χ3n) is 3.97. The summed E-state index contributed by atoms with van der Waals surface area (Å²) < 4.78 is 15.0. The van der Waals surface area contributed by atoms with Crippen LogP contribution in [0.2, 0.25) is 5.28 Å². The van der Waals surface area contributed by atoms with E-state index in [9.17, 15) is 9.18 Å². The number of hydrogen-bond donors (Lipinski definition) is 0. The van der Waals surface area contributed by atoms with E-state index in [0.29, 0.717) is 24.5 Å². The first-order chi connectivity index (χ1) is 10.1. The first kappa shape index (κ1) is 14.3. The molecule has 0 N–H and O–H groups in total. The van der Waals surface area contributed by atoms with Crippen LogP contribution in [-0.2, 0) is 11.5 Å². The number of carbonyl (C=O) groups excluding carboxylic acids is 1. The van der Waals surface area contributed by atoms with Crippen molar-refractivity contribution in [2.75, 3.05) is 6.54 Å². The Labute approximate surface area is 127 Å². The number of halogens is 2. The minimum atomic E-state index is -0.343. The Hall–Kier alpha value is -1.62. The average Bonchev–Trinajstić information content (AvgIpc) is 2.91. The molecule has 1 atom stereocenters. The standard InChI is InChI=1S/C15H17ClFN3O/c1-2-3-10-6-14(21)19(8-10)9-20-13-5-4-11(17)7-12(13)18-15(20)16/h4-5,7,10H,2-3,6,8-9H2,1H3. The molecule has 1 unspecified atom stereocenters. The Balaban J connectivity index is 1.85. The highest BCUT2D eigenvalue weighted by atomic mass is 35.5. The van der Waals surface area contributed by atoms with E-state index >= 15 is 0 Å². The van der Waals surface area contributed by atoms with Crippen molar-refractivity contribution >= 4 is 28.5 Å². The average molecular weight is 310 g/mol. The van der Waals surface area contributed by atoms with E-state index in [4.69, 9.17) is 11.6 Å². The number of nitrogens with zero attached hydrogens (tertiary/aromatic N) is 3. The predicted molar refractivity (Wildman–Crippen MR) is 79.4 cm³/mol. The molecule has 3 rings (SSSR count). The first-order valence-electron chi connectivity index (χ1n) is 7.17. The lowest BCUT2D eigenvalue weighted by Gasteiger charge is -2.18. The van der Waals surface area contributed by atoms with Gasteiger partial charge in [0.25, 0.3) is 0 Å². The number of amides is 1. The third kappa shape index (κ3) is 2.75. The van der Waals surface area contributed by atoms with Gasteiger partial charge in [-0.2, -0.15) is 0 Å². The van der Waals surface area contributed by atoms with Gasteiger partial charge in [-0.1, -0.05) is 13.3 Å². The summed E-state index contributed by atoms with van der Waals surface area (Å²) in [5.74, 6) is 0.228. The largest absolute Gasteiger partial charge is 0.324 e. The Kier molecular flexibility index (Phi) is 3.85. The second-order valence-corrected chi connectivity index (χ2v) is 5.90. The zero-order valence-electron chi connectivity index (χ0n) is 11.9. The van der Waals surface area contributed by atoms with Gasteiger partial charge < -0.3 is 4.90 Å². The van der Waals surface area contributed by atoms with Crippen LogP contribution in [0, 0.1) is 11.7 Å². The molecule has 1 aromatic heterocycles. The maximum Gasteiger partial charge on any atom is 0.224 e. The third-order valence-corrected chi connectivity index (χ3v) is 4.26. The van der Waals surface area contributed by atoms with E-state index < -0.39 is 0 Å². The maximum atomic E-state index is 13.2. The van der Waals surface area contributed by atoms with Crippen LogP contribution >= 0.6 is 11.6 Å². The van der Waals surface area contributed by atoms with Gasteiger partial charge in [0.15, 0.2) is 0 Å². The van der Waals surface area contributed by atoms with E-state index in [2.05, 4.69) is 11.9 Å². The Morgan fingerprint density at radius 3 is 3.05 bits per heavy atom. The summed E-state index contributed by atoms with van der Waals surface area (Å²) in [5.41, 5.74) is 1.25. The molecule has 0 radical (unpaired) electrons. The van der Waals surface area contributed by atoms with Crippen LogP contribution in [0.3, 0.4) is 0 Å². The van der Waals surface area contributed by atoms with Gasteiger partial charge in [-0.15, -0.1) is 0 Å². The summed E-state index contributed by atoms with van der Waals surface area (Å²) >= 11 is 6.14. The van der Waals surface area contributed by atoms with E-state index in [0.717, 1.165) is 24.9 Å². The molecular weight excluding hydrogens is 293 g/mol. The fourth-order valence-corrected chi connectivity index (χ4v) is 3.21. The van der Waals surface area contributed by atoms with E-state index in [1.54, 1.807) is 15.5 Å². The van der Waals surface area contributed by atoms with Gasteiger partial charge in [-0.25, -0.2) is 9.37 Å². The number of benzene rings is 1. The second-order valence-electron chi connectivity index (χ2n) is 5.56. The van der Waals surface area contributed by atoms with Crippen molar-refractivity contribution in [2.24, 2.45) is 5.92 Å². The minimum absolute atomic E-state index is 0.147. The van der Waals surface area contributed by atoms with Gasteiger partial charge in [-0.05, 0) is 36.1 Å². The fourth-order valence-electron chi connectivity index (χ4n) is 2.97. The lowest BCUT2D eigenvalue weighted by atomic mass is 10.0. The number of aromatic nitrogens is 2. The Bertz CT molecular complexity index is 685. The lowest BCUT2D eigenvalue weighted by molar-refractivity contribution is -0.129. The van der Waals surface area contributed by atoms with Crippen molar-refractivity contribution in [3.63, 3.8) is 0 Å². The zero-order valence-corrected chi connectivity index (χ0v) is 12.6. The molecule has 4 nitrogen and oxygen atoms in total. The van der Waals surface area contributed by atoms with Crippen LogP contribution < -0.4 is 0 Å². The van der Waals surface area contributed by atoms with Crippen LogP contribution in [0.15, 0.2) is 18.2 Å². The van der Waals surface area contributed by atoms with Gasteiger partial charge in [0.2, 0.25) is 11.2 Å². The van der Waals surface area contributed by atoms with Gasteiger partial charge in [0.05, 0.1) is 11.0 Å². The predicted octanol–water partition coefficient (Wildman–Crippen LogP) is 3.43. The molecule has 0 aliphatic carbocycles. The molecule has 1 aliphatic rings. The van der Waals surface area contributed by atoms with Crippen LogP contribution in [0.1, 0.15) is 26.2 Å². The summed E-state index contributed by atoms with van der Waals surface area (Å²) in [7, 11) is 0. The van der Waals surface area contributed by atoms with Crippen molar-refractivity contribution in [3.05, 3.63) is 29.3 Å². The summed E-state index contributed by atoms with van der Waals surface area (Å²) in [6, 6.07) is 4.37. The van der Waals surface area contributed by atoms with Gasteiger partial charge >= 0.3 is 0 Å². The minimum Gasteiger partial charge on any atom is -0.324 e. The molecule has 0 bridgehead atoms. The van der Waals surface area contributed by atoms with E-state index in [1.807, 2.05) is 0 Å². The molecule has 2 aromatic rings. The quantitative estimate of drug-likeness (QED) is 0.868. The molecule has 0 spiro atoms. The van der Waals surface area contributed by atoms with Crippen molar-refractivity contribution in [3.8, 4) is 0 Å². The molecule has 1 saturated heterocycles. The summed E-state index contributed by atoms with van der Waals surface area (Å²) in [5, 5.41) is 0.280. The van der Waals surface area contributed by atoms with Crippen molar-refractivity contribution in [1.82, 2.24) is 14.5 Å². The monoisotopic (exact) mass is 309 g/mol. The van der Waals surface area contributed by atoms with Crippen molar-refractivity contribution < 1.29 is 9.18 Å². The summed E-state index contributed by atoms with van der Waals surface area (Å²) in [6.45, 7) is 3.26. The number of hydrogen-bond acceptors (Lipinski definition) is 2. The van der Waals surface area contributed by atoms with Crippen LogP contribution in [0.25, 0.3) is 11.0 Å². The molecular formula is C15H17ClFN3O. The highest BCUT2D eigenvalue weighted by Crippen LogP contribution is 2.26.